The van der Waals surface area contributed by atoms with Crippen LogP contribution in [0.2, 0.25) is 0 Å². The number of carbonyl (C=O) groups is 2. The fourth-order valence-electron chi connectivity index (χ4n) is 5.40. The molecular weight excluding hydrogens is 414 g/mol. The van der Waals surface area contributed by atoms with E-state index in [1.807, 2.05) is 19.1 Å². The molecule has 1 atom stereocenters. The van der Waals surface area contributed by atoms with E-state index < -0.39 is 11.4 Å². The average molecular weight is 450 g/mol. The molecule has 0 heterocycles. The molecule has 2 N–H and O–H groups in total. The number of benzene rings is 2. The van der Waals surface area contributed by atoms with Crippen LogP contribution in [-0.2, 0) is 10.2 Å². The Kier molecular flexibility index (Phi) is 7.36. The van der Waals surface area contributed by atoms with Crippen LogP contribution in [0.4, 0.5) is 0 Å². The van der Waals surface area contributed by atoms with E-state index in [-0.39, 0.29) is 17.5 Å². The lowest BCUT2D eigenvalue weighted by Gasteiger charge is -2.30. The van der Waals surface area contributed by atoms with Gasteiger partial charge in [-0.2, -0.15) is 0 Å². The molecule has 2 aliphatic rings. The van der Waals surface area contributed by atoms with E-state index >= 15 is 0 Å². The zero-order chi connectivity index (χ0) is 23.3. The predicted octanol–water partition coefficient (Wildman–Crippen LogP) is 6.03. The van der Waals surface area contributed by atoms with Gasteiger partial charge in [0, 0.05) is 0 Å². The Labute approximate surface area is 196 Å². The molecule has 2 aromatic carbocycles. The summed E-state index contributed by atoms with van der Waals surface area (Å²) in [6, 6.07) is 14.7. The van der Waals surface area contributed by atoms with Gasteiger partial charge in [0.05, 0.1) is 23.6 Å². The third kappa shape index (κ3) is 5.40. The van der Waals surface area contributed by atoms with Crippen molar-refractivity contribution in [3.05, 3.63) is 65.2 Å². The summed E-state index contributed by atoms with van der Waals surface area (Å²) in [5.41, 5.74) is 1.68. The van der Waals surface area contributed by atoms with Gasteiger partial charge in [-0.1, -0.05) is 56.4 Å². The lowest BCUT2D eigenvalue weighted by Crippen LogP contribution is -2.43. The third-order valence-corrected chi connectivity index (χ3v) is 7.51. The first-order chi connectivity index (χ1) is 16.0. The van der Waals surface area contributed by atoms with Crippen molar-refractivity contribution in [2.45, 2.75) is 76.2 Å². The predicted molar refractivity (Wildman–Crippen MR) is 129 cm³/mol. The topological polar surface area (TPSA) is 75.6 Å². The zero-order valence-electron chi connectivity index (χ0n) is 19.5. The molecule has 5 heteroatoms. The summed E-state index contributed by atoms with van der Waals surface area (Å²) in [6.07, 6.45) is 10.2. The maximum absolute atomic E-state index is 13.5. The number of amides is 1. The molecule has 0 bridgehead atoms. The number of hydrogen-bond acceptors (Lipinski definition) is 3. The van der Waals surface area contributed by atoms with Gasteiger partial charge in [-0.25, -0.2) is 4.79 Å². The Balaban J connectivity index is 1.42. The molecule has 2 aromatic rings. The molecule has 1 amide bonds. The summed E-state index contributed by atoms with van der Waals surface area (Å²) >= 11 is 0. The lowest BCUT2D eigenvalue weighted by molar-refractivity contribution is -0.127. The zero-order valence-corrected chi connectivity index (χ0v) is 19.5. The summed E-state index contributed by atoms with van der Waals surface area (Å²) in [6.45, 7) is 2.72. The number of carboxylic acids is 1. The first kappa shape index (κ1) is 23.3. The molecule has 4 rings (SSSR count). The molecule has 2 aliphatic carbocycles. The highest BCUT2D eigenvalue weighted by atomic mass is 16.5. The monoisotopic (exact) mass is 449 g/mol. The highest BCUT2D eigenvalue weighted by molar-refractivity contribution is 5.89. The quantitative estimate of drug-likeness (QED) is 0.516. The van der Waals surface area contributed by atoms with Gasteiger partial charge in [0.25, 0.3) is 0 Å². The van der Waals surface area contributed by atoms with Crippen LogP contribution in [0, 0.1) is 5.92 Å². The van der Waals surface area contributed by atoms with E-state index in [0.717, 1.165) is 49.2 Å². The average Bonchev–Trinajstić information content (AvgIpc) is 3.35. The molecule has 2 saturated carbocycles. The van der Waals surface area contributed by atoms with Gasteiger partial charge in [-0.15, -0.1) is 0 Å². The summed E-state index contributed by atoms with van der Waals surface area (Å²) in [5, 5.41) is 12.3. The van der Waals surface area contributed by atoms with Gasteiger partial charge in [-0.05, 0) is 73.9 Å². The summed E-state index contributed by atoms with van der Waals surface area (Å²) in [4.78, 5) is 24.6. The fraction of sp³-hybridized carbons (Fsp3) is 0.500. The number of ether oxygens (including phenoxy) is 1. The van der Waals surface area contributed by atoms with Crippen molar-refractivity contribution in [3.8, 4) is 5.75 Å². The third-order valence-electron chi connectivity index (χ3n) is 7.51. The van der Waals surface area contributed by atoms with Gasteiger partial charge in [-0.3, -0.25) is 4.79 Å². The van der Waals surface area contributed by atoms with Crippen molar-refractivity contribution >= 4 is 11.9 Å². The number of hydrogen-bond donors (Lipinski definition) is 2. The van der Waals surface area contributed by atoms with Crippen LogP contribution in [0.1, 0.15) is 92.2 Å². The standard InChI is InChI=1S/C28H35NO4/c1-20(22-9-11-23(12-10-22)26(30)31)29-27(32)28(17-5-6-18-28)24-13-15-25(16-14-24)33-19-21-7-3-2-4-8-21/h9-16,20-21H,2-8,17-19H2,1H3,(H,29,32)(H,30,31). The van der Waals surface area contributed by atoms with Crippen molar-refractivity contribution < 1.29 is 19.4 Å². The van der Waals surface area contributed by atoms with Gasteiger partial charge in [0.1, 0.15) is 5.75 Å². The van der Waals surface area contributed by atoms with Gasteiger partial charge in [0.2, 0.25) is 5.91 Å². The second-order valence-corrected chi connectivity index (χ2v) is 9.75. The van der Waals surface area contributed by atoms with Gasteiger partial charge in [0.15, 0.2) is 0 Å². The number of rotatable bonds is 8. The molecule has 0 aliphatic heterocycles. The molecule has 2 fully saturated rings. The van der Waals surface area contributed by atoms with E-state index in [9.17, 15) is 9.59 Å². The second-order valence-electron chi connectivity index (χ2n) is 9.75. The number of carboxylic acid groups (broad SMARTS) is 1. The van der Waals surface area contributed by atoms with E-state index in [1.165, 1.54) is 32.1 Å². The minimum Gasteiger partial charge on any atom is -0.493 e. The summed E-state index contributed by atoms with van der Waals surface area (Å²) < 4.78 is 6.06. The second kappa shape index (κ2) is 10.4. The molecule has 1 unspecified atom stereocenters. The van der Waals surface area contributed by atoms with Crippen LogP contribution < -0.4 is 10.1 Å². The van der Waals surface area contributed by atoms with Crippen molar-refractivity contribution in [1.29, 1.82) is 0 Å². The molecule has 0 spiro atoms. The Morgan fingerprint density at radius 3 is 2.21 bits per heavy atom. The first-order valence-electron chi connectivity index (χ1n) is 12.4. The Bertz CT molecular complexity index is 939. The normalized spacial score (nSPS) is 19.1. The Morgan fingerprint density at radius 1 is 0.970 bits per heavy atom. The highest BCUT2D eigenvalue weighted by Gasteiger charge is 2.43. The van der Waals surface area contributed by atoms with Gasteiger partial charge >= 0.3 is 5.97 Å². The first-order valence-corrected chi connectivity index (χ1v) is 12.4. The minimum atomic E-state index is -0.950. The lowest BCUT2D eigenvalue weighted by atomic mass is 9.77. The SMILES string of the molecule is CC(NC(=O)C1(c2ccc(OCC3CCCCC3)cc2)CCCC1)c1ccc(C(=O)O)cc1. The van der Waals surface area contributed by atoms with Crippen LogP contribution in [0.25, 0.3) is 0 Å². The highest BCUT2D eigenvalue weighted by Crippen LogP contribution is 2.42. The smallest absolute Gasteiger partial charge is 0.335 e. The minimum absolute atomic E-state index is 0.0469. The van der Waals surface area contributed by atoms with Crippen molar-refractivity contribution in [1.82, 2.24) is 5.32 Å². The Hall–Kier alpha value is -2.82. The van der Waals surface area contributed by atoms with E-state index in [0.29, 0.717) is 5.92 Å². The van der Waals surface area contributed by atoms with Crippen LogP contribution in [-0.4, -0.2) is 23.6 Å². The molecule has 176 valence electrons. The van der Waals surface area contributed by atoms with Gasteiger partial charge < -0.3 is 15.2 Å². The van der Waals surface area contributed by atoms with E-state index in [4.69, 9.17) is 9.84 Å². The van der Waals surface area contributed by atoms with Crippen molar-refractivity contribution in [2.75, 3.05) is 6.61 Å². The van der Waals surface area contributed by atoms with E-state index in [2.05, 4.69) is 17.4 Å². The largest absolute Gasteiger partial charge is 0.493 e. The maximum Gasteiger partial charge on any atom is 0.335 e. The number of carbonyl (C=O) groups excluding carboxylic acids is 1. The fourth-order valence-corrected chi connectivity index (χ4v) is 5.40. The maximum atomic E-state index is 13.5. The molecule has 0 radical (unpaired) electrons. The molecule has 33 heavy (non-hydrogen) atoms. The number of aromatic carboxylic acids is 1. The van der Waals surface area contributed by atoms with E-state index in [1.54, 1.807) is 24.3 Å². The van der Waals surface area contributed by atoms with Crippen LogP contribution in [0.15, 0.2) is 48.5 Å². The van der Waals surface area contributed by atoms with Crippen molar-refractivity contribution in [3.63, 3.8) is 0 Å². The molecule has 0 aromatic heterocycles. The summed E-state index contributed by atoms with van der Waals surface area (Å²) in [5.74, 6) is 0.640. The molecule has 0 saturated heterocycles. The molecule has 5 nitrogen and oxygen atoms in total. The Morgan fingerprint density at radius 2 is 1.61 bits per heavy atom. The number of nitrogens with one attached hydrogen (secondary N) is 1. The van der Waals surface area contributed by atoms with Crippen LogP contribution in [0.5, 0.6) is 5.75 Å². The van der Waals surface area contributed by atoms with Crippen LogP contribution >= 0.6 is 0 Å². The van der Waals surface area contributed by atoms with Crippen molar-refractivity contribution in [2.24, 2.45) is 5.92 Å². The summed E-state index contributed by atoms with van der Waals surface area (Å²) in [7, 11) is 0. The van der Waals surface area contributed by atoms with Crippen LogP contribution in [0.3, 0.4) is 0 Å². The molecular formula is C28H35NO4.